The number of rotatable bonds is 4. The molecule has 4 rings (SSSR count). The molecule has 0 bridgehead atoms. The van der Waals surface area contributed by atoms with Gasteiger partial charge < -0.3 is 4.90 Å². The number of thiazole rings is 1. The zero-order chi connectivity index (χ0) is 18.3. The number of benzene rings is 2. The third kappa shape index (κ3) is 3.24. The molecule has 0 aliphatic carbocycles. The Morgan fingerprint density at radius 3 is 2.73 bits per heavy atom. The van der Waals surface area contributed by atoms with Gasteiger partial charge in [-0.2, -0.15) is 0 Å². The van der Waals surface area contributed by atoms with Crippen molar-refractivity contribution in [3.63, 3.8) is 0 Å². The minimum absolute atomic E-state index is 0.0300. The molecule has 1 unspecified atom stereocenters. The second kappa shape index (κ2) is 6.48. The van der Waals surface area contributed by atoms with Crippen LogP contribution in [0.25, 0.3) is 10.2 Å². The van der Waals surface area contributed by atoms with Crippen molar-refractivity contribution in [1.29, 1.82) is 0 Å². The zero-order valence-electron chi connectivity index (χ0n) is 14.3. The van der Waals surface area contributed by atoms with Crippen LogP contribution < -0.4 is 4.90 Å². The number of hydrogen-bond donors (Lipinski definition) is 0. The van der Waals surface area contributed by atoms with E-state index in [4.69, 9.17) is 0 Å². The molecule has 2 heterocycles. The van der Waals surface area contributed by atoms with Crippen LogP contribution in [-0.2, 0) is 26.8 Å². The topological polar surface area (TPSA) is 67.3 Å². The van der Waals surface area contributed by atoms with Crippen LogP contribution in [0.3, 0.4) is 0 Å². The summed E-state index contributed by atoms with van der Waals surface area (Å²) < 4.78 is 26.1. The van der Waals surface area contributed by atoms with Gasteiger partial charge in [-0.3, -0.25) is 4.79 Å². The number of anilines is 1. The number of aromatic nitrogens is 1. The van der Waals surface area contributed by atoms with Gasteiger partial charge in [0, 0.05) is 11.7 Å². The second-order valence-electron chi connectivity index (χ2n) is 6.55. The highest BCUT2D eigenvalue weighted by atomic mass is 32.2. The molecule has 0 spiro atoms. The molecule has 26 heavy (non-hydrogen) atoms. The van der Waals surface area contributed by atoms with Gasteiger partial charge in [0.15, 0.2) is 9.84 Å². The highest BCUT2D eigenvalue weighted by Gasteiger charge is 2.33. The number of carbonyl (C=O) groups is 1. The van der Waals surface area contributed by atoms with E-state index >= 15 is 0 Å². The Balaban J connectivity index is 1.53. The summed E-state index contributed by atoms with van der Waals surface area (Å²) in [5.74, 6) is -1.08. The minimum Gasteiger partial charge on any atom is -0.308 e. The number of para-hydroxylation sites is 2. The first-order chi connectivity index (χ1) is 12.4. The van der Waals surface area contributed by atoms with E-state index in [0.29, 0.717) is 5.01 Å². The Kier molecular flexibility index (Phi) is 4.28. The van der Waals surface area contributed by atoms with Gasteiger partial charge in [-0.1, -0.05) is 30.3 Å². The van der Waals surface area contributed by atoms with Crippen molar-refractivity contribution >= 4 is 43.0 Å². The summed E-state index contributed by atoms with van der Waals surface area (Å²) in [7, 11) is -3.59. The second-order valence-corrected chi connectivity index (χ2v) is 9.73. The predicted molar refractivity (Wildman–Crippen MR) is 104 cm³/mol. The molecule has 0 radical (unpaired) electrons. The van der Waals surface area contributed by atoms with E-state index in [1.54, 1.807) is 4.90 Å². The predicted octanol–water partition coefficient (Wildman–Crippen LogP) is 3.19. The van der Waals surface area contributed by atoms with E-state index in [2.05, 4.69) is 4.98 Å². The monoisotopic (exact) mass is 386 g/mol. The van der Waals surface area contributed by atoms with E-state index in [1.807, 2.05) is 55.5 Å². The van der Waals surface area contributed by atoms with E-state index in [9.17, 15) is 13.2 Å². The molecular formula is C19H18N2O3S2. The average Bonchev–Trinajstić information content (AvgIpc) is 3.12. The standard InChI is InChI=1S/C19H18N2O3S2/c1-13-10-14-6-2-4-8-16(14)21(13)19(22)12-26(23,24)11-18-20-15-7-3-5-9-17(15)25-18/h2-9,13H,10-12H2,1H3. The molecule has 1 aromatic heterocycles. The zero-order valence-corrected chi connectivity index (χ0v) is 15.9. The number of amides is 1. The van der Waals surface area contributed by atoms with Crippen LogP contribution in [0, 0.1) is 0 Å². The number of sulfone groups is 1. The van der Waals surface area contributed by atoms with Crippen molar-refractivity contribution in [2.24, 2.45) is 0 Å². The third-order valence-corrected chi connectivity index (χ3v) is 7.12. The molecule has 0 N–H and O–H groups in total. The van der Waals surface area contributed by atoms with Gasteiger partial charge in [-0.25, -0.2) is 13.4 Å². The van der Waals surface area contributed by atoms with Crippen molar-refractivity contribution in [3.05, 3.63) is 59.1 Å². The van der Waals surface area contributed by atoms with Gasteiger partial charge in [0.1, 0.15) is 16.5 Å². The molecule has 134 valence electrons. The Labute approximate surface area is 156 Å². The lowest BCUT2D eigenvalue weighted by atomic mass is 10.1. The summed E-state index contributed by atoms with van der Waals surface area (Å²) >= 11 is 1.36. The molecule has 5 nitrogen and oxygen atoms in total. The fourth-order valence-corrected chi connectivity index (χ4v) is 6.02. The lowest BCUT2D eigenvalue weighted by Crippen LogP contribution is -2.39. The van der Waals surface area contributed by atoms with Gasteiger partial charge in [0.05, 0.1) is 10.2 Å². The highest BCUT2D eigenvalue weighted by molar-refractivity contribution is 7.91. The number of carbonyl (C=O) groups excluding carboxylic acids is 1. The first kappa shape index (κ1) is 17.2. The van der Waals surface area contributed by atoms with E-state index in [-0.39, 0.29) is 17.7 Å². The smallest absolute Gasteiger partial charge is 0.242 e. The number of nitrogens with zero attached hydrogens (tertiary/aromatic N) is 2. The SMILES string of the molecule is CC1Cc2ccccc2N1C(=O)CS(=O)(=O)Cc1nc2ccccc2s1. The maximum Gasteiger partial charge on any atom is 0.242 e. The summed E-state index contributed by atoms with van der Waals surface area (Å²) in [5, 5.41) is 0.522. The quantitative estimate of drug-likeness (QED) is 0.691. The minimum atomic E-state index is -3.59. The van der Waals surface area contributed by atoms with Crippen molar-refractivity contribution in [2.45, 2.75) is 25.1 Å². The normalized spacial score (nSPS) is 16.8. The first-order valence-electron chi connectivity index (χ1n) is 8.38. The molecular weight excluding hydrogens is 368 g/mol. The maximum absolute atomic E-state index is 12.7. The van der Waals surface area contributed by atoms with Crippen LogP contribution in [0.4, 0.5) is 5.69 Å². The molecule has 1 aliphatic rings. The van der Waals surface area contributed by atoms with Gasteiger partial charge in [-0.15, -0.1) is 11.3 Å². The average molecular weight is 386 g/mol. The molecule has 0 saturated carbocycles. The Morgan fingerprint density at radius 1 is 1.19 bits per heavy atom. The summed E-state index contributed by atoms with van der Waals surface area (Å²) in [6, 6.07) is 15.2. The van der Waals surface area contributed by atoms with Crippen LogP contribution in [-0.4, -0.2) is 31.1 Å². The fourth-order valence-electron chi connectivity index (χ4n) is 3.42. The van der Waals surface area contributed by atoms with Crippen molar-refractivity contribution in [1.82, 2.24) is 4.98 Å². The Hall–Kier alpha value is -2.25. The third-order valence-electron chi connectivity index (χ3n) is 4.50. The lowest BCUT2D eigenvalue weighted by molar-refractivity contribution is -0.116. The molecule has 1 amide bonds. The van der Waals surface area contributed by atoms with Crippen LogP contribution in [0.15, 0.2) is 48.5 Å². The van der Waals surface area contributed by atoms with Crippen LogP contribution in [0.2, 0.25) is 0 Å². The largest absolute Gasteiger partial charge is 0.308 e. The Morgan fingerprint density at radius 2 is 1.92 bits per heavy atom. The van der Waals surface area contributed by atoms with Gasteiger partial charge >= 0.3 is 0 Å². The number of fused-ring (bicyclic) bond motifs is 2. The summed E-state index contributed by atoms with van der Waals surface area (Å²) in [6.45, 7) is 1.94. The molecule has 1 atom stereocenters. The van der Waals surface area contributed by atoms with Crippen molar-refractivity contribution in [2.75, 3.05) is 10.7 Å². The highest BCUT2D eigenvalue weighted by Crippen LogP contribution is 2.32. The van der Waals surface area contributed by atoms with E-state index < -0.39 is 15.6 Å². The summed E-state index contributed by atoms with van der Waals surface area (Å²) in [5.41, 5.74) is 2.69. The molecule has 3 aromatic rings. The van der Waals surface area contributed by atoms with Crippen molar-refractivity contribution < 1.29 is 13.2 Å². The van der Waals surface area contributed by atoms with Gasteiger partial charge in [-0.05, 0) is 37.1 Å². The van der Waals surface area contributed by atoms with Gasteiger partial charge in [0.25, 0.3) is 0 Å². The van der Waals surface area contributed by atoms with E-state index in [1.165, 1.54) is 11.3 Å². The summed E-state index contributed by atoms with van der Waals surface area (Å²) in [4.78, 5) is 18.7. The molecule has 1 aliphatic heterocycles. The number of hydrogen-bond acceptors (Lipinski definition) is 5. The maximum atomic E-state index is 12.7. The summed E-state index contributed by atoms with van der Waals surface area (Å²) in [6.07, 6.45) is 0.750. The Bertz CT molecular complexity index is 1060. The van der Waals surface area contributed by atoms with Gasteiger partial charge in [0.2, 0.25) is 5.91 Å². The van der Waals surface area contributed by atoms with Crippen molar-refractivity contribution in [3.8, 4) is 0 Å². The van der Waals surface area contributed by atoms with Crippen LogP contribution in [0.5, 0.6) is 0 Å². The molecule has 2 aromatic carbocycles. The molecule has 0 fully saturated rings. The lowest BCUT2D eigenvalue weighted by Gasteiger charge is -2.22. The first-order valence-corrected chi connectivity index (χ1v) is 11.0. The molecule has 0 saturated heterocycles. The fraction of sp³-hybridized carbons (Fsp3) is 0.263. The van der Waals surface area contributed by atoms with Crippen LogP contribution in [0.1, 0.15) is 17.5 Å². The van der Waals surface area contributed by atoms with E-state index in [0.717, 1.165) is 27.9 Å². The van der Waals surface area contributed by atoms with Crippen LogP contribution >= 0.6 is 11.3 Å². The molecule has 7 heteroatoms.